The molecule has 0 radical (unpaired) electrons. The standard InChI is InChI=1S/C10H6Br2O2S/c11-7-3-1-2-6-8(4-14-5-13)15-10(12)9(6)7/h1-3,5H,4H2. The largest absolute Gasteiger partial charge is 0.462 e. The van der Waals surface area contributed by atoms with Gasteiger partial charge < -0.3 is 4.74 Å². The number of benzene rings is 1. The summed E-state index contributed by atoms with van der Waals surface area (Å²) in [7, 11) is 0. The molecule has 0 saturated carbocycles. The zero-order valence-corrected chi connectivity index (χ0v) is 11.5. The van der Waals surface area contributed by atoms with Gasteiger partial charge in [0.05, 0.1) is 8.66 Å². The second-order valence-corrected chi connectivity index (χ2v) is 6.15. The van der Waals surface area contributed by atoms with E-state index in [2.05, 4.69) is 31.9 Å². The fourth-order valence-electron chi connectivity index (χ4n) is 1.39. The van der Waals surface area contributed by atoms with Crippen molar-refractivity contribution in [3.05, 3.63) is 31.3 Å². The van der Waals surface area contributed by atoms with Crippen molar-refractivity contribution in [2.45, 2.75) is 6.61 Å². The topological polar surface area (TPSA) is 26.3 Å². The van der Waals surface area contributed by atoms with E-state index in [0.29, 0.717) is 13.1 Å². The van der Waals surface area contributed by atoms with Crippen LogP contribution in [0.25, 0.3) is 10.8 Å². The van der Waals surface area contributed by atoms with Crippen LogP contribution >= 0.6 is 43.2 Å². The van der Waals surface area contributed by atoms with Crippen molar-refractivity contribution in [3.63, 3.8) is 0 Å². The van der Waals surface area contributed by atoms with E-state index in [1.165, 1.54) is 0 Å². The Kier molecular flexibility index (Phi) is 3.43. The molecule has 0 bridgehead atoms. The van der Waals surface area contributed by atoms with Crippen molar-refractivity contribution in [2.24, 2.45) is 0 Å². The van der Waals surface area contributed by atoms with Gasteiger partial charge in [-0.3, -0.25) is 4.79 Å². The van der Waals surface area contributed by atoms with Crippen molar-refractivity contribution in [3.8, 4) is 0 Å². The number of thiophene rings is 1. The monoisotopic (exact) mass is 348 g/mol. The average molecular weight is 350 g/mol. The van der Waals surface area contributed by atoms with E-state index in [1.54, 1.807) is 11.3 Å². The molecule has 78 valence electrons. The summed E-state index contributed by atoms with van der Waals surface area (Å²) >= 11 is 8.59. The zero-order chi connectivity index (χ0) is 10.8. The molecular formula is C10H6Br2O2S. The molecule has 1 aromatic carbocycles. The highest BCUT2D eigenvalue weighted by Crippen LogP contribution is 2.39. The molecule has 2 rings (SSSR count). The fourth-order valence-corrected chi connectivity index (χ4v) is 4.31. The number of hydrogen-bond acceptors (Lipinski definition) is 3. The first-order valence-electron chi connectivity index (χ1n) is 4.14. The summed E-state index contributed by atoms with van der Waals surface area (Å²) in [6, 6.07) is 5.98. The number of fused-ring (bicyclic) bond motifs is 1. The molecule has 0 unspecified atom stereocenters. The van der Waals surface area contributed by atoms with Crippen molar-refractivity contribution < 1.29 is 9.53 Å². The molecule has 0 saturated heterocycles. The van der Waals surface area contributed by atoms with E-state index in [0.717, 1.165) is 23.9 Å². The van der Waals surface area contributed by atoms with Crippen LogP contribution in [-0.2, 0) is 16.1 Å². The van der Waals surface area contributed by atoms with Crippen LogP contribution in [0, 0.1) is 0 Å². The maximum atomic E-state index is 10.1. The first-order chi connectivity index (χ1) is 7.24. The minimum absolute atomic E-state index is 0.326. The van der Waals surface area contributed by atoms with E-state index in [-0.39, 0.29) is 0 Å². The fraction of sp³-hybridized carbons (Fsp3) is 0.100. The zero-order valence-electron chi connectivity index (χ0n) is 7.50. The number of ether oxygens (including phenoxy) is 1. The summed E-state index contributed by atoms with van der Waals surface area (Å²) in [4.78, 5) is 11.2. The Labute approximate surface area is 107 Å². The molecule has 0 atom stereocenters. The summed E-state index contributed by atoms with van der Waals surface area (Å²) in [5.41, 5.74) is 0. The Bertz CT molecular complexity index is 507. The molecule has 0 aliphatic rings. The lowest BCUT2D eigenvalue weighted by molar-refractivity contribution is -0.129. The predicted molar refractivity (Wildman–Crippen MR) is 68.1 cm³/mol. The van der Waals surface area contributed by atoms with Crippen LogP contribution in [0.2, 0.25) is 0 Å². The normalized spacial score (nSPS) is 10.5. The first-order valence-corrected chi connectivity index (χ1v) is 6.55. The number of rotatable bonds is 3. The van der Waals surface area contributed by atoms with Gasteiger partial charge in [-0.05, 0) is 22.0 Å². The SMILES string of the molecule is O=COCc1sc(Br)c2c(Br)cccc12. The summed E-state index contributed by atoms with van der Waals surface area (Å²) in [6.07, 6.45) is 0. The van der Waals surface area contributed by atoms with Gasteiger partial charge in [0.1, 0.15) is 6.61 Å². The first kappa shape index (κ1) is 11.1. The van der Waals surface area contributed by atoms with Crippen LogP contribution in [0.5, 0.6) is 0 Å². The molecular weight excluding hydrogens is 344 g/mol. The van der Waals surface area contributed by atoms with E-state index in [9.17, 15) is 4.79 Å². The summed E-state index contributed by atoms with van der Waals surface area (Å²) < 4.78 is 6.87. The van der Waals surface area contributed by atoms with Crippen molar-refractivity contribution in [1.82, 2.24) is 0 Å². The second-order valence-electron chi connectivity index (χ2n) is 2.87. The molecule has 0 aliphatic carbocycles. The third kappa shape index (κ3) is 2.09. The van der Waals surface area contributed by atoms with Gasteiger partial charge in [-0.25, -0.2) is 0 Å². The molecule has 2 nitrogen and oxygen atoms in total. The van der Waals surface area contributed by atoms with Gasteiger partial charge in [-0.15, -0.1) is 11.3 Å². The molecule has 0 fully saturated rings. The average Bonchev–Trinajstić information content (AvgIpc) is 2.54. The smallest absolute Gasteiger partial charge is 0.293 e. The molecule has 1 heterocycles. The van der Waals surface area contributed by atoms with Gasteiger partial charge in [-0.2, -0.15) is 0 Å². The Morgan fingerprint density at radius 2 is 2.20 bits per heavy atom. The third-order valence-electron chi connectivity index (χ3n) is 2.01. The molecule has 1 aromatic heterocycles. The van der Waals surface area contributed by atoms with E-state index >= 15 is 0 Å². The summed E-state index contributed by atoms with van der Waals surface area (Å²) in [5, 5.41) is 2.25. The number of hydrogen-bond donors (Lipinski definition) is 0. The lowest BCUT2D eigenvalue weighted by Gasteiger charge is -1.97. The van der Waals surface area contributed by atoms with Gasteiger partial charge in [0.2, 0.25) is 0 Å². The highest BCUT2D eigenvalue weighted by atomic mass is 79.9. The van der Waals surface area contributed by atoms with Gasteiger partial charge in [0.15, 0.2) is 0 Å². The second kappa shape index (κ2) is 4.63. The minimum atomic E-state index is 0.326. The van der Waals surface area contributed by atoms with E-state index in [4.69, 9.17) is 4.74 Å². The number of halogens is 2. The molecule has 0 amide bonds. The molecule has 5 heteroatoms. The van der Waals surface area contributed by atoms with Gasteiger partial charge in [0, 0.05) is 15.2 Å². The van der Waals surface area contributed by atoms with E-state index < -0.39 is 0 Å². The Morgan fingerprint density at radius 1 is 1.40 bits per heavy atom. The van der Waals surface area contributed by atoms with Crippen LogP contribution in [0.1, 0.15) is 4.88 Å². The van der Waals surface area contributed by atoms with Crippen LogP contribution in [0.4, 0.5) is 0 Å². The maximum Gasteiger partial charge on any atom is 0.293 e. The molecule has 0 N–H and O–H groups in total. The van der Waals surface area contributed by atoms with Crippen molar-refractivity contribution in [2.75, 3.05) is 0 Å². The van der Waals surface area contributed by atoms with Crippen LogP contribution in [0.15, 0.2) is 26.5 Å². The summed E-state index contributed by atoms with van der Waals surface area (Å²) in [5.74, 6) is 0. The predicted octanol–water partition coefficient (Wildman–Crippen LogP) is 4.10. The quantitative estimate of drug-likeness (QED) is 0.780. The molecule has 0 aliphatic heterocycles. The number of carbonyl (C=O) groups is 1. The van der Waals surface area contributed by atoms with E-state index in [1.807, 2.05) is 18.2 Å². The van der Waals surface area contributed by atoms with Crippen LogP contribution in [0.3, 0.4) is 0 Å². The van der Waals surface area contributed by atoms with Crippen LogP contribution in [-0.4, -0.2) is 6.47 Å². The van der Waals surface area contributed by atoms with Crippen molar-refractivity contribution in [1.29, 1.82) is 0 Å². The minimum Gasteiger partial charge on any atom is -0.462 e. The molecule has 15 heavy (non-hydrogen) atoms. The van der Waals surface area contributed by atoms with Gasteiger partial charge in [0.25, 0.3) is 6.47 Å². The molecule has 2 aromatic rings. The number of carbonyl (C=O) groups excluding carboxylic acids is 1. The lowest BCUT2D eigenvalue weighted by Crippen LogP contribution is -1.86. The lowest BCUT2D eigenvalue weighted by atomic mass is 10.2. The highest BCUT2D eigenvalue weighted by molar-refractivity contribution is 9.11. The highest BCUT2D eigenvalue weighted by Gasteiger charge is 2.11. The maximum absolute atomic E-state index is 10.1. The Hall–Kier alpha value is -0.390. The molecule has 0 spiro atoms. The van der Waals surface area contributed by atoms with Gasteiger partial charge in [-0.1, -0.05) is 28.1 Å². The third-order valence-corrected chi connectivity index (χ3v) is 4.52. The summed E-state index contributed by atoms with van der Waals surface area (Å²) in [6.45, 7) is 0.796. The Balaban J connectivity index is 2.57. The van der Waals surface area contributed by atoms with Gasteiger partial charge >= 0.3 is 0 Å². The van der Waals surface area contributed by atoms with Crippen molar-refractivity contribution >= 4 is 60.4 Å². The Morgan fingerprint density at radius 3 is 2.93 bits per heavy atom. The van der Waals surface area contributed by atoms with Crippen LogP contribution < -0.4 is 0 Å².